The van der Waals surface area contributed by atoms with Gasteiger partial charge in [0.05, 0.1) is 0 Å². The van der Waals surface area contributed by atoms with Crippen LogP contribution in [0.2, 0.25) is 0 Å². The Balaban J connectivity index is 1.72. The summed E-state index contributed by atoms with van der Waals surface area (Å²) < 4.78 is 0. The Morgan fingerprint density at radius 1 is 0.833 bits per heavy atom. The summed E-state index contributed by atoms with van der Waals surface area (Å²) >= 11 is 0. The highest BCUT2D eigenvalue weighted by atomic mass is 14.2. The molecule has 0 amide bonds. The van der Waals surface area contributed by atoms with Crippen molar-refractivity contribution in [1.29, 1.82) is 0 Å². The van der Waals surface area contributed by atoms with Crippen LogP contribution in [-0.2, 0) is 12.8 Å². The van der Waals surface area contributed by atoms with Crippen LogP contribution in [-0.4, -0.2) is 0 Å². The molecular weight excluding hydrogens is 216 g/mol. The maximum absolute atomic E-state index is 2.38. The average Bonchev–Trinajstić information content (AvgIpc) is 2.46. The van der Waals surface area contributed by atoms with E-state index in [1.807, 2.05) is 0 Å². The SMILES string of the molecule is C(=CC1CCc2ccccc2C1)c1ccccc1. The largest absolute Gasteiger partial charge is 0.0805 e. The zero-order chi connectivity index (χ0) is 12.2. The van der Waals surface area contributed by atoms with Crippen LogP contribution in [0.4, 0.5) is 0 Å². The molecule has 0 heterocycles. The summed E-state index contributed by atoms with van der Waals surface area (Å²) in [6.45, 7) is 0. The van der Waals surface area contributed by atoms with Crippen LogP contribution in [0.5, 0.6) is 0 Å². The smallest absolute Gasteiger partial charge is 0.0186 e. The van der Waals surface area contributed by atoms with Gasteiger partial charge in [0.15, 0.2) is 0 Å². The van der Waals surface area contributed by atoms with E-state index < -0.39 is 0 Å². The van der Waals surface area contributed by atoms with Gasteiger partial charge in [0, 0.05) is 0 Å². The predicted octanol–water partition coefficient (Wildman–Crippen LogP) is 4.50. The van der Waals surface area contributed by atoms with Gasteiger partial charge in [-0.15, -0.1) is 0 Å². The van der Waals surface area contributed by atoms with Gasteiger partial charge in [0.2, 0.25) is 0 Å². The van der Waals surface area contributed by atoms with Crippen LogP contribution in [0.1, 0.15) is 23.1 Å². The first-order chi connectivity index (χ1) is 8.92. The summed E-state index contributed by atoms with van der Waals surface area (Å²) in [5.74, 6) is 0.695. The summed E-state index contributed by atoms with van der Waals surface area (Å²) in [6.07, 6.45) is 8.34. The zero-order valence-electron chi connectivity index (χ0n) is 10.5. The Morgan fingerprint density at radius 3 is 2.39 bits per heavy atom. The molecule has 0 aromatic heterocycles. The lowest BCUT2D eigenvalue weighted by Gasteiger charge is -2.21. The summed E-state index contributed by atoms with van der Waals surface area (Å²) in [5.41, 5.74) is 4.38. The fourth-order valence-electron chi connectivity index (χ4n) is 2.70. The maximum Gasteiger partial charge on any atom is -0.0186 e. The lowest BCUT2D eigenvalue weighted by atomic mass is 9.83. The maximum atomic E-state index is 2.38. The fraction of sp³-hybridized carbons (Fsp3) is 0.222. The van der Waals surface area contributed by atoms with Crippen molar-refractivity contribution >= 4 is 6.08 Å². The quantitative estimate of drug-likeness (QED) is 0.717. The number of benzene rings is 2. The van der Waals surface area contributed by atoms with Gasteiger partial charge in [0.1, 0.15) is 0 Å². The number of rotatable bonds is 2. The van der Waals surface area contributed by atoms with Gasteiger partial charge in [-0.25, -0.2) is 0 Å². The molecule has 18 heavy (non-hydrogen) atoms. The lowest BCUT2D eigenvalue weighted by molar-refractivity contribution is 0.555. The summed E-state index contributed by atoms with van der Waals surface area (Å²) in [4.78, 5) is 0. The van der Waals surface area contributed by atoms with E-state index in [9.17, 15) is 0 Å². The molecule has 0 fully saturated rings. The molecule has 3 rings (SSSR count). The molecule has 0 spiro atoms. The third-order valence-electron chi connectivity index (χ3n) is 3.75. The van der Waals surface area contributed by atoms with Crippen LogP contribution >= 0.6 is 0 Å². The molecule has 0 N–H and O–H groups in total. The van der Waals surface area contributed by atoms with E-state index in [0.29, 0.717) is 5.92 Å². The molecule has 2 aromatic rings. The lowest BCUT2D eigenvalue weighted by Crippen LogP contribution is -2.11. The van der Waals surface area contributed by atoms with E-state index in [-0.39, 0.29) is 0 Å². The van der Waals surface area contributed by atoms with Gasteiger partial charge in [0.25, 0.3) is 0 Å². The van der Waals surface area contributed by atoms with Crippen molar-refractivity contribution in [2.45, 2.75) is 19.3 Å². The summed E-state index contributed by atoms with van der Waals surface area (Å²) in [6, 6.07) is 19.4. The molecule has 0 bridgehead atoms. The molecule has 90 valence electrons. The number of hydrogen-bond acceptors (Lipinski definition) is 0. The van der Waals surface area contributed by atoms with Gasteiger partial charge in [-0.1, -0.05) is 66.7 Å². The number of hydrogen-bond donors (Lipinski definition) is 0. The van der Waals surface area contributed by atoms with Crippen molar-refractivity contribution in [1.82, 2.24) is 0 Å². The first-order valence-electron chi connectivity index (χ1n) is 6.72. The molecule has 0 heteroatoms. The Morgan fingerprint density at radius 2 is 1.56 bits per heavy atom. The van der Waals surface area contributed by atoms with Gasteiger partial charge in [-0.05, 0) is 41.9 Å². The Bertz CT molecular complexity index is 537. The van der Waals surface area contributed by atoms with E-state index in [4.69, 9.17) is 0 Å². The molecule has 0 saturated heterocycles. The van der Waals surface area contributed by atoms with Gasteiger partial charge >= 0.3 is 0 Å². The van der Waals surface area contributed by atoms with E-state index in [1.165, 1.54) is 30.4 Å². The van der Waals surface area contributed by atoms with Crippen molar-refractivity contribution in [3.8, 4) is 0 Å². The van der Waals surface area contributed by atoms with Crippen molar-refractivity contribution in [2.24, 2.45) is 5.92 Å². The molecule has 0 nitrogen and oxygen atoms in total. The second kappa shape index (κ2) is 5.22. The number of fused-ring (bicyclic) bond motifs is 1. The molecule has 0 saturated carbocycles. The van der Waals surface area contributed by atoms with Crippen LogP contribution in [0.15, 0.2) is 60.7 Å². The third kappa shape index (κ3) is 2.53. The van der Waals surface area contributed by atoms with E-state index >= 15 is 0 Å². The van der Waals surface area contributed by atoms with Crippen molar-refractivity contribution < 1.29 is 0 Å². The highest BCUT2D eigenvalue weighted by molar-refractivity contribution is 5.49. The topological polar surface area (TPSA) is 0 Å². The first kappa shape index (κ1) is 11.3. The highest BCUT2D eigenvalue weighted by Crippen LogP contribution is 2.26. The molecule has 1 aliphatic carbocycles. The molecular formula is C18H18. The van der Waals surface area contributed by atoms with Gasteiger partial charge < -0.3 is 0 Å². The molecule has 1 aliphatic rings. The normalized spacial score (nSPS) is 18.8. The minimum absolute atomic E-state index is 0.695. The molecule has 1 unspecified atom stereocenters. The van der Waals surface area contributed by atoms with E-state index in [2.05, 4.69) is 66.7 Å². The van der Waals surface area contributed by atoms with Gasteiger partial charge in [-0.3, -0.25) is 0 Å². The Hall–Kier alpha value is -1.82. The van der Waals surface area contributed by atoms with E-state index in [1.54, 1.807) is 5.56 Å². The second-order valence-corrected chi connectivity index (χ2v) is 5.04. The molecule has 0 aliphatic heterocycles. The van der Waals surface area contributed by atoms with Crippen LogP contribution < -0.4 is 0 Å². The standard InChI is InChI=1S/C18H18/c1-2-6-15(7-3-1)10-11-16-12-13-17-8-4-5-9-18(17)14-16/h1-11,16H,12-14H2. The minimum Gasteiger partial charge on any atom is -0.0805 e. The van der Waals surface area contributed by atoms with Crippen molar-refractivity contribution in [3.63, 3.8) is 0 Å². The molecule has 2 aromatic carbocycles. The van der Waals surface area contributed by atoms with E-state index in [0.717, 1.165) is 0 Å². The predicted molar refractivity (Wildman–Crippen MR) is 77.4 cm³/mol. The zero-order valence-corrected chi connectivity index (χ0v) is 10.5. The second-order valence-electron chi connectivity index (χ2n) is 5.04. The van der Waals surface area contributed by atoms with Crippen LogP contribution in [0.25, 0.3) is 6.08 Å². The van der Waals surface area contributed by atoms with Crippen molar-refractivity contribution in [2.75, 3.05) is 0 Å². The summed E-state index contributed by atoms with van der Waals surface area (Å²) in [5, 5.41) is 0. The number of aryl methyl sites for hydroxylation is 1. The van der Waals surface area contributed by atoms with Crippen LogP contribution in [0.3, 0.4) is 0 Å². The first-order valence-corrected chi connectivity index (χ1v) is 6.72. The summed E-state index contributed by atoms with van der Waals surface area (Å²) in [7, 11) is 0. The molecule has 0 radical (unpaired) electrons. The fourth-order valence-corrected chi connectivity index (χ4v) is 2.70. The van der Waals surface area contributed by atoms with Crippen molar-refractivity contribution in [3.05, 3.63) is 77.4 Å². The highest BCUT2D eigenvalue weighted by Gasteiger charge is 2.15. The van der Waals surface area contributed by atoms with Crippen LogP contribution in [0, 0.1) is 5.92 Å². The number of allylic oxidation sites excluding steroid dienone is 1. The molecule has 1 atom stereocenters. The average molecular weight is 234 g/mol. The Labute approximate surface area is 109 Å². The third-order valence-corrected chi connectivity index (χ3v) is 3.75. The van der Waals surface area contributed by atoms with Gasteiger partial charge in [-0.2, -0.15) is 0 Å². The minimum atomic E-state index is 0.695. The Kier molecular flexibility index (Phi) is 3.27. The monoisotopic (exact) mass is 234 g/mol.